The minimum absolute atomic E-state index is 0. The number of methoxy groups -OCH3 is 1. The molecular formula is C23H37IN4O3. The Morgan fingerprint density at radius 3 is 2.74 bits per heavy atom. The molecule has 2 fully saturated rings. The number of hydrogen-bond acceptors (Lipinski definition) is 4. The highest BCUT2D eigenvalue weighted by molar-refractivity contribution is 14.0. The molecule has 2 aliphatic heterocycles. The van der Waals surface area contributed by atoms with E-state index in [1.165, 1.54) is 11.1 Å². The Labute approximate surface area is 203 Å². The van der Waals surface area contributed by atoms with Crippen LogP contribution in [0.15, 0.2) is 23.2 Å². The summed E-state index contributed by atoms with van der Waals surface area (Å²) in [5, 5.41) is 7.06. The topological polar surface area (TPSA) is 75.2 Å². The summed E-state index contributed by atoms with van der Waals surface area (Å²) < 4.78 is 11.4. The number of carbonyl (C=O) groups excluding carboxylic acids is 1. The molecule has 2 aliphatic rings. The number of benzene rings is 1. The third-order valence-electron chi connectivity index (χ3n) is 6.38. The fourth-order valence-corrected chi connectivity index (χ4v) is 4.51. The molecule has 1 amide bonds. The molecule has 1 aromatic rings. The van der Waals surface area contributed by atoms with Gasteiger partial charge >= 0.3 is 0 Å². The van der Waals surface area contributed by atoms with Crippen LogP contribution in [0.25, 0.3) is 0 Å². The van der Waals surface area contributed by atoms with E-state index in [0.717, 1.165) is 63.8 Å². The standard InChI is InChI=1S/C23H36N4O3.HI/c1-5-21(28)27-11-8-18(15-27)26-22(24-3)25-16-23(9-12-30-13-10-23)19-14-17(2)6-7-20(19)29-4;/h6-7,14,18H,5,8-13,15-16H2,1-4H3,(H2,24,25,26);1H. The number of halogens is 1. The highest BCUT2D eigenvalue weighted by Gasteiger charge is 2.37. The van der Waals surface area contributed by atoms with E-state index >= 15 is 0 Å². The number of hydrogen-bond donors (Lipinski definition) is 2. The maximum absolute atomic E-state index is 12.0. The van der Waals surface area contributed by atoms with Crippen molar-refractivity contribution in [1.82, 2.24) is 15.5 Å². The van der Waals surface area contributed by atoms with Crippen molar-refractivity contribution in [3.63, 3.8) is 0 Å². The number of carbonyl (C=O) groups is 1. The second-order valence-corrected chi connectivity index (χ2v) is 8.35. The van der Waals surface area contributed by atoms with Crippen LogP contribution in [0.2, 0.25) is 0 Å². The van der Waals surface area contributed by atoms with E-state index in [1.54, 1.807) is 14.2 Å². The summed E-state index contributed by atoms with van der Waals surface area (Å²) in [6.07, 6.45) is 3.36. The van der Waals surface area contributed by atoms with Gasteiger partial charge in [0.15, 0.2) is 5.96 Å². The van der Waals surface area contributed by atoms with Gasteiger partial charge in [-0.15, -0.1) is 24.0 Å². The van der Waals surface area contributed by atoms with E-state index in [4.69, 9.17) is 9.47 Å². The molecule has 2 heterocycles. The number of nitrogens with zero attached hydrogens (tertiary/aromatic N) is 2. The van der Waals surface area contributed by atoms with Crippen LogP contribution < -0.4 is 15.4 Å². The van der Waals surface area contributed by atoms with E-state index < -0.39 is 0 Å². The van der Waals surface area contributed by atoms with Crippen LogP contribution >= 0.6 is 24.0 Å². The van der Waals surface area contributed by atoms with Gasteiger partial charge in [0.1, 0.15) is 5.75 Å². The summed E-state index contributed by atoms with van der Waals surface area (Å²) in [7, 11) is 3.53. The van der Waals surface area contributed by atoms with Gasteiger partial charge in [0, 0.05) is 63.3 Å². The highest BCUT2D eigenvalue weighted by atomic mass is 127. The summed E-state index contributed by atoms with van der Waals surface area (Å²) in [6, 6.07) is 6.62. The maximum Gasteiger partial charge on any atom is 0.222 e. The Morgan fingerprint density at radius 2 is 2.10 bits per heavy atom. The van der Waals surface area contributed by atoms with E-state index in [1.807, 2.05) is 11.8 Å². The third-order valence-corrected chi connectivity index (χ3v) is 6.38. The van der Waals surface area contributed by atoms with Gasteiger partial charge in [-0.3, -0.25) is 9.79 Å². The van der Waals surface area contributed by atoms with Crippen LogP contribution in [0.1, 0.15) is 43.7 Å². The van der Waals surface area contributed by atoms with Crippen molar-refractivity contribution in [1.29, 1.82) is 0 Å². The number of amides is 1. The van der Waals surface area contributed by atoms with Crippen LogP contribution in [0.3, 0.4) is 0 Å². The first-order chi connectivity index (χ1) is 14.5. The Bertz CT molecular complexity index is 765. The average molecular weight is 544 g/mol. The van der Waals surface area contributed by atoms with Crippen LogP contribution in [0, 0.1) is 6.92 Å². The summed E-state index contributed by atoms with van der Waals surface area (Å²) in [5.74, 6) is 1.93. The van der Waals surface area contributed by atoms with E-state index in [2.05, 4.69) is 40.7 Å². The molecular weight excluding hydrogens is 507 g/mol. The number of guanidine groups is 1. The molecule has 2 saturated heterocycles. The van der Waals surface area contributed by atoms with Gasteiger partial charge in [0.2, 0.25) is 5.91 Å². The molecule has 2 N–H and O–H groups in total. The lowest BCUT2D eigenvalue weighted by molar-refractivity contribution is -0.129. The number of aliphatic imine (C=N–C) groups is 1. The number of aryl methyl sites for hydroxylation is 1. The molecule has 8 heteroatoms. The minimum atomic E-state index is -0.0763. The number of rotatable bonds is 6. The molecule has 174 valence electrons. The smallest absolute Gasteiger partial charge is 0.222 e. The largest absolute Gasteiger partial charge is 0.496 e. The van der Waals surface area contributed by atoms with Gasteiger partial charge in [-0.25, -0.2) is 0 Å². The van der Waals surface area contributed by atoms with Gasteiger partial charge in [0.25, 0.3) is 0 Å². The Morgan fingerprint density at radius 1 is 1.35 bits per heavy atom. The van der Waals surface area contributed by atoms with E-state index in [9.17, 15) is 4.79 Å². The van der Waals surface area contributed by atoms with Crippen LogP contribution in [-0.4, -0.2) is 69.8 Å². The molecule has 31 heavy (non-hydrogen) atoms. The third kappa shape index (κ3) is 6.25. The van der Waals surface area contributed by atoms with Crippen molar-refractivity contribution < 1.29 is 14.3 Å². The summed E-state index contributed by atoms with van der Waals surface area (Å²) >= 11 is 0. The molecule has 1 atom stereocenters. The van der Waals surface area contributed by atoms with Crippen LogP contribution in [0.4, 0.5) is 0 Å². The zero-order valence-corrected chi connectivity index (χ0v) is 21.5. The summed E-state index contributed by atoms with van der Waals surface area (Å²) in [5.41, 5.74) is 2.38. The first-order valence-corrected chi connectivity index (χ1v) is 11.0. The first-order valence-electron chi connectivity index (χ1n) is 11.0. The zero-order valence-electron chi connectivity index (χ0n) is 19.2. The molecule has 0 saturated carbocycles. The lowest BCUT2D eigenvalue weighted by Crippen LogP contribution is -2.50. The predicted molar refractivity (Wildman–Crippen MR) is 135 cm³/mol. The fourth-order valence-electron chi connectivity index (χ4n) is 4.51. The van der Waals surface area contributed by atoms with Gasteiger partial charge in [-0.1, -0.05) is 24.6 Å². The normalized spacial score (nSPS) is 20.7. The second-order valence-electron chi connectivity index (χ2n) is 8.35. The average Bonchev–Trinajstić information content (AvgIpc) is 3.25. The number of nitrogens with one attached hydrogen (secondary N) is 2. The molecule has 0 radical (unpaired) electrons. The Kier molecular flexibility index (Phi) is 9.87. The van der Waals surface area contributed by atoms with Crippen molar-refractivity contribution in [3.8, 4) is 5.75 Å². The number of ether oxygens (including phenoxy) is 2. The van der Waals surface area contributed by atoms with Crippen LogP contribution in [-0.2, 0) is 14.9 Å². The quantitative estimate of drug-likeness (QED) is 0.328. The van der Waals surface area contributed by atoms with Crippen molar-refractivity contribution in [2.24, 2.45) is 4.99 Å². The monoisotopic (exact) mass is 544 g/mol. The van der Waals surface area contributed by atoms with Crippen molar-refractivity contribution in [2.45, 2.75) is 51.0 Å². The molecule has 7 nitrogen and oxygen atoms in total. The maximum atomic E-state index is 12.0. The summed E-state index contributed by atoms with van der Waals surface area (Å²) in [4.78, 5) is 18.3. The highest BCUT2D eigenvalue weighted by Crippen LogP contribution is 2.40. The fraction of sp³-hybridized carbons (Fsp3) is 0.652. The molecule has 0 aromatic heterocycles. The van der Waals surface area contributed by atoms with E-state index in [-0.39, 0.29) is 41.3 Å². The first kappa shape index (κ1) is 25.7. The zero-order chi connectivity index (χ0) is 21.6. The second kappa shape index (κ2) is 11.9. The van der Waals surface area contributed by atoms with Crippen molar-refractivity contribution in [2.75, 3.05) is 47.0 Å². The van der Waals surface area contributed by atoms with Crippen LogP contribution in [0.5, 0.6) is 5.75 Å². The summed E-state index contributed by atoms with van der Waals surface area (Å²) in [6.45, 7) is 7.80. The van der Waals surface area contributed by atoms with Crippen molar-refractivity contribution in [3.05, 3.63) is 29.3 Å². The van der Waals surface area contributed by atoms with Gasteiger partial charge in [0.05, 0.1) is 7.11 Å². The van der Waals surface area contributed by atoms with Gasteiger partial charge in [-0.2, -0.15) is 0 Å². The SMILES string of the molecule is CCC(=O)N1CCC(NC(=NC)NCC2(c3cc(C)ccc3OC)CCOCC2)C1.I. The Hall–Kier alpha value is -1.55. The number of likely N-dealkylation sites (tertiary alicyclic amines) is 1. The molecule has 3 rings (SSSR count). The van der Waals surface area contributed by atoms with Gasteiger partial charge < -0.3 is 25.0 Å². The molecule has 1 aromatic carbocycles. The van der Waals surface area contributed by atoms with Gasteiger partial charge in [-0.05, 0) is 32.3 Å². The lowest BCUT2D eigenvalue weighted by Gasteiger charge is -2.39. The molecule has 0 spiro atoms. The molecule has 0 bridgehead atoms. The molecule has 0 aliphatic carbocycles. The predicted octanol–water partition coefficient (Wildman–Crippen LogP) is 2.85. The van der Waals surface area contributed by atoms with E-state index in [0.29, 0.717) is 6.42 Å². The van der Waals surface area contributed by atoms with Crippen molar-refractivity contribution >= 4 is 35.8 Å². The Balaban J connectivity index is 0.00000341. The molecule has 1 unspecified atom stereocenters. The lowest BCUT2D eigenvalue weighted by atomic mass is 9.73. The minimum Gasteiger partial charge on any atom is -0.496 e.